The monoisotopic (exact) mass is 474 g/mol. The van der Waals surface area contributed by atoms with Gasteiger partial charge in [0.05, 0.1) is 16.2 Å². The van der Waals surface area contributed by atoms with Crippen LogP contribution in [0.5, 0.6) is 0 Å². The molecule has 0 fully saturated rings. The molecule has 0 atom stereocenters. The van der Waals surface area contributed by atoms with Gasteiger partial charge in [0.25, 0.3) is 5.91 Å². The summed E-state index contributed by atoms with van der Waals surface area (Å²) >= 11 is 1.41. The van der Waals surface area contributed by atoms with E-state index >= 15 is 0 Å². The molecular weight excluding hydrogens is 448 g/mol. The van der Waals surface area contributed by atoms with E-state index in [0.29, 0.717) is 22.0 Å². The molecule has 10 heteroatoms. The summed E-state index contributed by atoms with van der Waals surface area (Å²) < 4.78 is 33.0. The van der Waals surface area contributed by atoms with Gasteiger partial charge in [0.2, 0.25) is 10.0 Å². The van der Waals surface area contributed by atoms with E-state index in [4.69, 9.17) is 4.52 Å². The first kappa shape index (κ1) is 24.0. The number of aryl methyl sites for hydroxylation is 2. The number of amides is 1. The Labute approximate surface area is 192 Å². The van der Waals surface area contributed by atoms with E-state index in [1.54, 1.807) is 51.2 Å². The fourth-order valence-corrected chi connectivity index (χ4v) is 5.54. The molecule has 0 radical (unpaired) electrons. The number of nitrogens with zero attached hydrogens (tertiary/aromatic N) is 2. The highest BCUT2D eigenvalue weighted by Crippen LogP contribution is 2.28. The molecule has 2 aromatic heterocycles. The zero-order valence-corrected chi connectivity index (χ0v) is 20.2. The van der Waals surface area contributed by atoms with Crippen molar-refractivity contribution in [2.75, 3.05) is 5.32 Å². The highest BCUT2D eigenvalue weighted by atomic mass is 32.2. The molecule has 3 aromatic rings. The van der Waals surface area contributed by atoms with E-state index < -0.39 is 15.6 Å². The lowest BCUT2D eigenvalue weighted by Crippen LogP contribution is -2.40. The van der Waals surface area contributed by atoms with Crippen LogP contribution in [0.2, 0.25) is 0 Å². The van der Waals surface area contributed by atoms with E-state index in [2.05, 4.69) is 20.2 Å². The van der Waals surface area contributed by atoms with Crippen molar-refractivity contribution >= 4 is 33.4 Å². The Balaban J connectivity index is 1.78. The van der Waals surface area contributed by atoms with Crippen molar-refractivity contribution in [3.8, 4) is 0 Å². The lowest BCUT2D eigenvalue weighted by molar-refractivity contribution is 0.102. The number of hydrogen-bond acceptors (Lipinski definition) is 7. The number of sulfonamides is 1. The van der Waals surface area contributed by atoms with Gasteiger partial charge >= 0.3 is 0 Å². The standard InChI is InChI=1S/C22H26N4O4S2/c1-14-19(15(2)30-25-14)13-31-21-18(10-7-11-23-21)20(27)24-16-8-6-9-17(12-16)32(28,29)26-22(3,4)5/h6-12,26H,13H2,1-5H3,(H,24,27). The summed E-state index contributed by atoms with van der Waals surface area (Å²) in [4.78, 5) is 17.4. The van der Waals surface area contributed by atoms with Crippen molar-refractivity contribution in [3.05, 3.63) is 65.2 Å². The van der Waals surface area contributed by atoms with Gasteiger partial charge in [0.1, 0.15) is 10.8 Å². The zero-order valence-electron chi connectivity index (χ0n) is 18.6. The third kappa shape index (κ3) is 5.96. The topological polar surface area (TPSA) is 114 Å². The fourth-order valence-electron chi connectivity index (χ4n) is 2.93. The number of benzene rings is 1. The zero-order chi connectivity index (χ0) is 23.5. The molecule has 0 unspecified atom stereocenters. The van der Waals surface area contributed by atoms with E-state index in [1.165, 1.54) is 23.9 Å². The predicted octanol–water partition coefficient (Wildman–Crippen LogP) is 4.31. The summed E-state index contributed by atoms with van der Waals surface area (Å²) in [5.74, 6) is 0.918. The molecule has 0 aliphatic rings. The minimum absolute atomic E-state index is 0.0735. The Kier molecular flexibility index (Phi) is 7.06. The maximum atomic E-state index is 13.0. The number of anilines is 1. The van der Waals surface area contributed by atoms with Crippen LogP contribution in [0.25, 0.3) is 0 Å². The number of carbonyl (C=O) groups is 1. The van der Waals surface area contributed by atoms with E-state index in [-0.39, 0.29) is 10.8 Å². The first-order valence-corrected chi connectivity index (χ1v) is 12.4. The van der Waals surface area contributed by atoms with Crippen LogP contribution in [0.4, 0.5) is 5.69 Å². The van der Waals surface area contributed by atoms with Gasteiger partial charge in [0, 0.05) is 28.7 Å². The summed E-state index contributed by atoms with van der Waals surface area (Å²) in [7, 11) is -3.72. The molecule has 3 rings (SSSR count). The third-order valence-electron chi connectivity index (χ3n) is 4.39. The van der Waals surface area contributed by atoms with E-state index in [1.807, 2.05) is 13.8 Å². The molecule has 1 amide bonds. The van der Waals surface area contributed by atoms with Crippen LogP contribution >= 0.6 is 11.8 Å². The molecule has 0 saturated heterocycles. The average molecular weight is 475 g/mol. The molecule has 0 bridgehead atoms. The van der Waals surface area contributed by atoms with Gasteiger partial charge in [-0.1, -0.05) is 11.2 Å². The lowest BCUT2D eigenvalue weighted by atomic mass is 10.1. The van der Waals surface area contributed by atoms with Crippen LogP contribution in [0.15, 0.2) is 57.0 Å². The van der Waals surface area contributed by atoms with Crippen LogP contribution in [0.3, 0.4) is 0 Å². The van der Waals surface area contributed by atoms with Crippen LogP contribution in [-0.4, -0.2) is 30.0 Å². The molecule has 0 spiro atoms. The number of nitrogens with one attached hydrogen (secondary N) is 2. The van der Waals surface area contributed by atoms with Gasteiger partial charge < -0.3 is 9.84 Å². The SMILES string of the molecule is Cc1noc(C)c1CSc1ncccc1C(=O)Nc1cccc(S(=O)(=O)NC(C)(C)C)c1. The second-order valence-electron chi connectivity index (χ2n) is 8.28. The summed E-state index contributed by atoms with van der Waals surface area (Å²) in [5, 5.41) is 7.28. The van der Waals surface area contributed by atoms with Crippen LogP contribution in [-0.2, 0) is 15.8 Å². The largest absolute Gasteiger partial charge is 0.361 e. The number of thioether (sulfide) groups is 1. The molecule has 8 nitrogen and oxygen atoms in total. The van der Waals surface area contributed by atoms with Crippen molar-refractivity contribution in [3.63, 3.8) is 0 Å². The first-order chi connectivity index (χ1) is 15.0. The predicted molar refractivity (Wildman–Crippen MR) is 124 cm³/mol. The Morgan fingerprint density at radius 2 is 1.91 bits per heavy atom. The summed E-state index contributed by atoms with van der Waals surface area (Å²) in [5.41, 5.74) is 1.92. The minimum atomic E-state index is -3.72. The van der Waals surface area contributed by atoms with Gasteiger partial charge in [-0.15, -0.1) is 11.8 Å². The maximum Gasteiger partial charge on any atom is 0.258 e. The van der Waals surface area contributed by atoms with Crippen LogP contribution < -0.4 is 10.0 Å². The fraction of sp³-hybridized carbons (Fsp3) is 0.318. The molecule has 0 saturated carbocycles. The smallest absolute Gasteiger partial charge is 0.258 e. The molecule has 2 heterocycles. The Bertz CT molecular complexity index is 1210. The molecule has 0 aliphatic carbocycles. The van der Waals surface area contributed by atoms with Gasteiger partial charge in [-0.25, -0.2) is 18.1 Å². The summed E-state index contributed by atoms with van der Waals surface area (Å²) in [6.07, 6.45) is 1.62. The molecule has 1 aromatic carbocycles. The normalized spacial score (nSPS) is 12.0. The second-order valence-corrected chi connectivity index (χ2v) is 10.9. The molecule has 0 aliphatic heterocycles. The highest BCUT2D eigenvalue weighted by molar-refractivity contribution is 7.98. The molecule has 32 heavy (non-hydrogen) atoms. The number of rotatable bonds is 7. The lowest BCUT2D eigenvalue weighted by Gasteiger charge is -2.20. The second kappa shape index (κ2) is 9.43. The number of pyridine rings is 1. The Morgan fingerprint density at radius 1 is 1.16 bits per heavy atom. The first-order valence-electron chi connectivity index (χ1n) is 9.91. The van der Waals surface area contributed by atoms with Gasteiger partial charge in [-0.2, -0.15) is 0 Å². The van der Waals surface area contributed by atoms with Crippen LogP contribution in [0, 0.1) is 13.8 Å². The average Bonchev–Trinajstić information content (AvgIpc) is 3.02. The highest BCUT2D eigenvalue weighted by Gasteiger charge is 2.22. The Hall–Kier alpha value is -2.69. The van der Waals surface area contributed by atoms with Gasteiger partial charge in [-0.05, 0) is 65.0 Å². The van der Waals surface area contributed by atoms with E-state index in [9.17, 15) is 13.2 Å². The van der Waals surface area contributed by atoms with E-state index in [0.717, 1.165) is 17.0 Å². The molecule has 2 N–H and O–H groups in total. The summed E-state index contributed by atoms with van der Waals surface area (Å²) in [6, 6.07) is 9.50. The van der Waals surface area contributed by atoms with Crippen molar-refractivity contribution in [1.29, 1.82) is 0 Å². The quantitative estimate of drug-likeness (QED) is 0.491. The number of carbonyl (C=O) groups excluding carboxylic acids is 1. The van der Waals surface area contributed by atoms with Crippen LogP contribution in [0.1, 0.15) is 48.1 Å². The number of hydrogen-bond donors (Lipinski definition) is 2. The third-order valence-corrected chi connectivity index (χ3v) is 7.18. The summed E-state index contributed by atoms with van der Waals surface area (Å²) in [6.45, 7) is 9.01. The maximum absolute atomic E-state index is 13.0. The van der Waals surface area contributed by atoms with Crippen molar-refractivity contribution < 1.29 is 17.7 Å². The van der Waals surface area contributed by atoms with Gasteiger partial charge in [-0.3, -0.25) is 4.79 Å². The molecule has 170 valence electrons. The van der Waals surface area contributed by atoms with Crippen molar-refractivity contribution in [2.24, 2.45) is 0 Å². The Morgan fingerprint density at radius 3 is 2.56 bits per heavy atom. The van der Waals surface area contributed by atoms with Gasteiger partial charge in [0.15, 0.2) is 0 Å². The number of aromatic nitrogens is 2. The minimum Gasteiger partial charge on any atom is -0.361 e. The molecular formula is C22H26N4O4S2. The van der Waals surface area contributed by atoms with Crippen molar-refractivity contribution in [2.45, 2.75) is 55.8 Å². The van der Waals surface area contributed by atoms with Crippen molar-refractivity contribution in [1.82, 2.24) is 14.9 Å².